The molecule has 1 amide bonds. The zero-order valence-electron chi connectivity index (χ0n) is 10.6. The van der Waals surface area contributed by atoms with Crippen molar-refractivity contribution in [1.82, 2.24) is 5.32 Å². The lowest BCUT2D eigenvalue weighted by atomic mass is 10.2. The van der Waals surface area contributed by atoms with Crippen molar-refractivity contribution in [1.29, 1.82) is 0 Å². The second-order valence-corrected chi connectivity index (χ2v) is 5.20. The number of benzene rings is 1. The Hall–Kier alpha value is -1.48. The molecule has 0 radical (unpaired) electrons. The molecule has 18 heavy (non-hydrogen) atoms. The summed E-state index contributed by atoms with van der Waals surface area (Å²) in [5.41, 5.74) is 1.18. The van der Waals surface area contributed by atoms with E-state index in [0.717, 1.165) is 5.75 Å². The Labute approximate surface area is 113 Å². The van der Waals surface area contributed by atoms with Gasteiger partial charge in [-0.15, -0.1) is 18.3 Å². The fourth-order valence-electron chi connectivity index (χ4n) is 1.34. The highest BCUT2D eigenvalue weighted by Gasteiger charge is 2.10. The average Bonchev–Trinajstić information content (AvgIpc) is 2.41. The van der Waals surface area contributed by atoms with Gasteiger partial charge in [0.2, 0.25) is 5.91 Å². The minimum Gasteiger partial charge on any atom is -0.352 e. The lowest BCUT2D eigenvalue weighted by Gasteiger charge is -2.09. The number of nitrogens with one attached hydrogen (secondary N) is 1. The summed E-state index contributed by atoms with van der Waals surface area (Å²) in [4.78, 5) is 11.6. The predicted octanol–water partition coefficient (Wildman–Crippen LogP) is 3.12. The number of carbonyl (C=O) groups is 1. The summed E-state index contributed by atoms with van der Waals surface area (Å²) in [5.74, 6) is 0.894. The van der Waals surface area contributed by atoms with E-state index < -0.39 is 0 Å². The fraction of sp³-hybridized carbons (Fsp3) is 0.267. The molecule has 1 aromatic carbocycles. The Kier molecular flexibility index (Phi) is 6.96. The van der Waals surface area contributed by atoms with Crippen molar-refractivity contribution in [2.45, 2.75) is 12.2 Å². The summed E-state index contributed by atoms with van der Waals surface area (Å²) in [5, 5.41) is 2.75. The molecular formula is C15H19NOS. The lowest BCUT2D eigenvalue weighted by Crippen LogP contribution is -2.30. The standard InChI is InChI=1S/C15H19NOS/c1-3-11-16-15(17)13(2)18-12-7-10-14-8-5-4-6-9-14/h3-10,13H,1,11-12H2,2H3,(H,16,17)/b10-7+. The van der Waals surface area contributed by atoms with Crippen molar-refractivity contribution in [2.24, 2.45) is 0 Å². The first-order valence-electron chi connectivity index (χ1n) is 5.96. The number of amides is 1. The van der Waals surface area contributed by atoms with Crippen molar-refractivity contribution in [3.63, 3.8) is 0 Å². The van der Waals surface area contributed by atoms with E-state index >= 15 is 0 Å². The molecule has 0 bridgehead atoms. The summed E-state index contributed by atoms with van der Waals surface area (Å²) in [7, 11) is 0. The first-order valence-corrected chi connectivity index (χ1v) is 7.00. The molecule has 0 saturated heterocycles. The molecule has 3 heteroatoms. The van der Waals surface area contributed by atoms with E-state index in [2.05, 4.69) is 36.2 Å². The molecule has 1 unspecified atom stereocenters. The van der Waals surface area contributed by atoms with Crippen molar-refractivity contribution >= 4 is 23.7 Å². The third-order valence-corrected chi connectivity index (χ3v) is 3.44. The summed E-state index contributed by atoms with van der Waals surface area (Å²) in [6.45, 7) is 6.02. The van der Waals surface area contributed by atoms with Crippen LogP contribution in [0.3, 0.4) is 0 Å². The molecule has 0 aliphatic carbocycles. The highest BCUT2D eigenvalue weighted by molar-refractivity contribution is 8.00. The van der Waals surface area contributed by atoms with E-state index in [-0.39, 0.29) is 11.2 Å². The van der Waals surface area contributed by atoms with Crippen LogP contribution in [0.2, 0.25) is 0 Å². The van der Waals surface area contributed by atoms with E-state index in [4.69, 9.17) is 0 Å². The van der Waals surface area contributed by atoms with Gasteiger partial charge in [0, 0.05) is 12.3 Å². The van der Waals surface area contributed by atoms with Crippen LogP contribution in [-0.4, -0.2) is 23.5 Å². The van der Waals surface area contributed by atoms with Crippen molar-refractivity contribution in [2.75, 3.05) is 12.3 Å². The maximum absolute atomic E-state index is 11.6. The van der Waals surface area contributed by atoms with Gasteiger partial charge >= 0.3 is 0 Å². The summed E-state index contributed by atoms with van der Waals surface area (Å²) in [6.07, 6.45) is 5.84. The molecule has 1 N–H and O–H groups in total. The third kappa shape index (κ3) is 5.73. The van der Waals surface area contributed by atoms with Crippen molar-refractivity contribution < 1.29 is 4.79 Å². The molecule has 0 spiro atoms. The highest BCUT2D eigenvalue weighted by atomic mass is 32.2. The largest absolute Gasteiger partial charge is 0.352 e. The minimum absolute atomic E-state index is 0.0367. The minimum atomic E-state index is -0.0367. The first-order chi connectivity index (χ1) is 8.74. The second-order valence-electron chi connectivity index (χ2n) is 3.82. The molecule has 1 atom stereocenters. The van der Waals surface area contributed by atoms with Crippen molar-refractivity contribution in [3.8, 4) is 0 Å². The van der Waals surface area contributed by atoms with Crippen LogP contribution < -0.4 is 5.32 Å². The molecule has 1 rings (SSSR count). The monoisotopic (exact) mass is 261 g/mol. The summed E-state index contributed by atoms with van der Waals surface area (Å²) >= 11 is 1.62. The lowest BCUT2D eigenvalue weighted by molar-refractivity contribution is -0.120. The van der Waals surface area contributed by atoms with Gasteiger partial charge in [0.05, 0.1) is 5.25 Å². The van der Waals surface area contributed by atoms with E-state index in [1.807, 2.05) is 25.1 Å². The van der Waals surface area contributed by atoms with E-state index in [0.29, 0.717) is 6.54 Å². The Bertz CT molecular complexity index is 400. The number of carbonyl (C=O) groups excluding carboxylic acids is 1. The van der Waals surface area contributed by atoms with Crippen LogP contribution in [0.4, 0.5) is 0 Å². The van der Waals surface area contributed by atoms with Crippen LogP contribution in [0.15, 0.2) is 49.1 Å². The van der Waals surface area contributed by atoms with Gasteiger partial charge in [-0.1, -0.05) is 48.6 Å². The van der Waals surface area contributed by atoms with E-state index in [1.54, 1.807) is 17.8 Å². The van der Waals surface area contributed by atoms with Crippen LogP contribution in [0.5, 0.6) is 0 Å². The first kappa shape index (κ1) is 14.6. The van der Waals surface area contributed by atoms with Gasteiger partial charge in [0.25, 0.3) is 0 Å². The maximum Gasteiger partial charge on any atom is 0.233 e. The molecule has 0 heterocycles. The van der Waals surface area contributed by atoms with E-state index in [9.17, 15) is 4.79 Å². The Morgan fingerprint density at radius 2 is 2.17 bits per heavy atom. The van der Waals surface area contributed by atoms with Gasteiger partial charge in [-0.2, -0.15) is 0 Å². The molecule has 96 valence electrons. The maximum atomic E-state index is 11.6. The number of rotatable bonds is 7. The Balaban J connectivity index is 2.27. The van der Waals surface area contributed by atoms with Gasteiger partial charge in [0.15, 0.2) is 0 Å². The van der Waals surface area contributed by atoms with Crippen LogP contribution in [0, 0.1) is 0 Å². The van der Waals surface area contributed by atoms with Crippen molar-refractivity contribution in [3.05, 3.63) is 54.6 Å². The highest BCUT2D eigenvalue weighted by Crippen LogP contribution is 2.11. The average molecular weight is 261 g/mol. The number of thioether (sulfide) groups is 1. The second kappa shape index (κ2) is 8.59. The van der Waals surface area contributed by atoms with Gasteiger partial charge in [-0.3, -0.25) is 4.79 Å². The quantitative estimate of drug-likeness (QED) is 0.764. The van der Waals surface area contributed by atoms with Crippen LogP contribution in [0.25, 0.3) is 6.08 Å². The molecule has 0 aliphatic rings. The smallest absolute Gasteiger partial charge is 0.233 e. The topological polar surface area (TPSA) is 29.1 Å². The van der Waals surface area contributed by atoms with Crippen LogP contribution in [-0.2, 0) is 4.79 Å². The zero-order valence-corrected chi connectivity index (χ0v) is 11.5. The van der Waals surface area contributed by atoms with Crippen LogP contribution in [0.1, 0.15) is 12.5 Å². The number of hydrogen-bond acceptors (Lipinski definition) is 2. The number of hydrogen-bond donors (Lipinski definition) is 1. The molecule has 0 saturated carbocycles. The van der Waals surface area contributed by atoms with Gasteiger partial charge < -0.3 is 5.32 Å². The van der Waals surface area contributed by atoms with Gasteiger partial charge in [0.1, 0.15) is 0 Å². The fourth-order valence-corrected chi connectivity index (χ4v) is 2.07. The Morgan fingerprint density at radius 3 is 2.83 bits per heavy atom. The third-order valence-electron chi connectivity index (χ3n) is 2.34. The normalized spacial score (nSPS) is 12.3. The summed E-state index contributed by atoms with van der Waals surface area (Å²) in [6, 6.07) is 10.1. The zero-order chi connectivity index (χ0) is 13.2. The van der Waals surface area contributed by atoms with Gasteiger partial charge in [-0.25, -0.2) is 0 Å². The van der Waals surface area contributed by atoms with E-state index in [1.165, 1.54) is 5.56 Å². The molecule has 0 fully saturated rings. The molecule has 0 aromatic heterocycles. The van der Waals surface area contributed by atoms with Crippen LogP contribution >= 0.6 is 11.8 Å². The molecule has 0 aliphatic heterocycles. The Morgan fingerprint density at radius 1 is 1.44 bits per heavy atom. The summed E-state index contributed by atoms with van der Waals surface area (Å²) < 4.78 is 0. The molecule has 2 nitrogen and oxygen atoms in total. The molecule has 1 aromatic rings. The predicted molar refractivity (Wildman–Crippen MR) is 80.6 cm³/mol. The SMILES string of the molecule is C=CCNC(=O)C(C)SC/C=C/c1ccccc1. The molecular weight excluding hydrogens is 242 g/mol. The van der Waals surface area contributed by atoms with Gasteiger partial charge in [-0.05, 0) is 12.5 Å².